The number of thioether (sulfide) groups is 1. The van der Waals surface area contributed by atoms with Crippen molar-refractivity contribution in [1.29, 1.82) is 0 Å². The van der Waals surface area contributed by atoms with E-state index in [1.807, 2.05) is 0 Å². The zero-order valence-electron chi connectivity index (χ0n) is 11.0. The van der Waals surface area contributed by atoms with E-state index in [4.69, 9.17) is 0 Å². The van der Waals surface area contributed by atoms with Gasteiger partial charge in [-0.15, -0.1) is 0 Å². The molecule has 0 amide bonds. The summed E-state index contributed by atoms with van der Waals surface area (Å²) in [4.78, 5) is 39.8. The number of H-pyrrole nitrogens is 1. The van der Waals surface area contributed by atoms with E-state index >= 15 is 0 Å². The lowest BCUT2D eigenvalue weighted by Gasteiger charge is -1.98. The molecule has 0 aliphatic carbocycles. The van der Waals surface area contributed by atoms with Crippen LogP contribution in [-0.2, 0) is 14.3 Å². The molecular formula is C12H11N3O5S. The van der Waals surface area contributed by atoms with Crippen molar-refractivity contribution in [3.05, 3.63) is 28.3 Å². The highest BCUT2D eigenvalue weighted by Crippen LogP contribution is 2.23. The van der Waals surface area contributed by atoms with Gasteiger partial charge in [-0.25, -0.2) is 9.78 Å². The van der Waals surface area contributed by atoms with Crippen LogP contribution in [0.5, 0.6) is 0 Å². The molecule has 0 atom stereocenters. The maximum Gasteiger partial charge on any atom is 0.375 e. The van der Waals surface area contributed by atoms with Crippen LogP contribution in [0.25, 0.3) is 11.0 Å². The summed E-state index contributed by atoms with van der Waals surface area (Å²) in [5.41, 5.74) is 0.982. The number of esters is 1. The van der Waals surface area contributed by atoms with Crippen LogP contribution in [0.3, 0.4) is 0 Å². The summed E-state index contributed by atoms with van der Waals surface area (Å²) in [6.45, 7) is 1.76. The quantitative estimate of drug-likeness (QED) is 0.284. The average Bonchev–Trinajstić information content (AvgIpc) is 2.86. The molecule has 0 fully saturated rings. The lowest BCUT2D eigenvalue weighted by atomic mass is 10.3. The summed E-state index contributed by atoms with van der Waals surface area (Å²) < 4.78 is 4.59. The number of nitrogens with one attached hydrogen (secondary N) is 1. The molecule has 8 nitrogen and oxygen atoms in total. The predicted molar refractivity (Wildman–Crippen MR) is 75.1 cm³/mol. The molecule has 0 aliphatic heterocycles. The molecule has 1 aromatic heterocycles. The minimum absolute atomic E-state index is 0.0619. The lowest BCUT2D eigenvalue weighted by Crippen LogP contribution is -2.19. The maximum atomic E-state index is 11.4. The number of hydrogen-bond donors (Lipinski definition) is 1. The monoisotopic (exact) mass is 309 g/mol. The van der Waals surface area contributed by atoms with Crippen molar-refractivity contribution in [3.63, 3.8) is 0 Å². The van der Waals surface area contributed by atoms with Gasteiger partial charge in [-0.2, -0.15) is 0 Å². The molecule has 0 aliphatic rings. The van der Waals surface area contributed by atoms with Crippen LogP contribution in [0.2, 0.25) is 0 Å². The molecule has 9 heteroatoms. The minimum Gasteiger partial charge on any atom is -0.460 e. The van der Waals surface area contributed by atoms with E-state index in [0.29, 0.717) is 16.2 Å². The molecule has 2 aromatic rings. The largest absolute Gasteiger partial charge is 0.460 e. The van der Waals surface area contributed by atoms with Gasteiger partial charge in [-0.1, -0.05) is 11.8 Å². The Hall–Kier alpha value is -2.42. The summed E-state index contributed by atoms with van der Waals surface area (Å²) in [6, 6.07) is 4.24. The Morgan fingerprint density at radius 3 is 2.90 bits per heavy atom. The first-order chi connectivity index (χ1) is 10.0. The van der Waals surface area contributed by atoms with Crippen molar-refractivity contribution in [2.45, 2.75) is 12.1 Å². The number of imidazole rings is 1. The van der Waals surface area contributed by atoms with Gasteiger partial charge in [-0.05, 0) is 13.0 Å². The summed E-state index contributed by atoms with van der Waals surface area (Å²) in [7, 11) is 0. The number of carbonyl (C=O) groups excluding carboxylic acids is 2. The zero-order valence-corrected chi connectivity index (χ0v) is 11.8. The summed E-state index contributed by atoms with van der Waals surface area (Å²) in [5, 5.41) is 11.1. The fourth-order valence-corrected chi connectivity index (χ4v) is 2.29. The topological polar surface area (TPSA) is 115 Å². The van der Waals surface area contributed by atoms with Gasteiger partial charge in [0.2, 0.25) is 5.78 Å². The highest BCUT2D eigenvalue weighted by molar-refractivity contribution is 7.99. The third-order valence-electron chi connectivity index (χ3n) is 2.50. The summed E-state index contributed by atoms with van der Waals surface area (Å²) in [5.74, 6) is -1.65. The Labute approximate surface area is 123 Å². The van der Waals surface area contributed by atoms with Crippen molar-refractivity contribution >= 4 is 40.2 Å². The number of ether oxygens (including phenoxy) is 1. The first kappa shape index (κ1) is 15.0. The van der Waals surface area contributed by atoms with Crippen LogP contribution in [0.15, 0.2) is 23.4 Å². The van der Waals surface area contributed by atoms with Gasteiger partial charge in [0.1, 0.15) is 0 Å². The van der Waals surface area contributed by atoms with Crippen molar-refractivity contribution in [2.24, 2.45) is 0 Å². The molecule has 0 saturated heterocycles. The minimum atomic E-state index is -0.878. The second kappa shape index (κ2) is 6.35. The van der Waals surface area contributed by atoms with E-state index < -0.39 is 16.7 Å². The van der Waals surface area contributed by atoms with Crippen molar-refractivity contribution in [2.75, 3.05) is 12.4 Å². The first-order valence-electron chi connectivity index (χ1n) is 5.98. The molecule has 1 N–H and O–H groups in total. The van der Waals surface area contributed by atoms with Gasteiger partial charge in [0.05, 0.1) is 28.3 Å². The highest BCUT2D eigenvalue weighted by Gasteiger charge is 2.16. The number of carbonyl (C=O) groups is 2. The van der Waals surface area contributed by atoms with E-state index in [2.05, 4.69) is 14.7 Å². The molecule has 0 radical (unpaired) electrons. The number of non-ortho nitro benzene ring substituents is 1. The van der Waals surface area contributed by atoms with Crippen molar-refractivity contribution in [1.82, 2.24) is 9.97 Å². The Balaban J connectivity index is 2.08. The Morgan fingerprint density at radius 1 is 1.48 bits per heavy atom. The normalized spacial score (nSPS) is 10.5. The van der Waals surface area contributed by atoms with E-state index in [0.717, 1.165) is 11.8 Å². The smallest absolute Gasteiger partial charge is 0.375 e. The van der Waals surface area contributed by atoms with Gasteiger partial charge in [0, 0.05) is 12.1 Å². The third-order valence-corrected chi connectivity index (χ3v) is 3.37. The molecule has 110 valence electrons. The van der Waals surface area contributed by atoms with Crippen LogP contribution in [0.1, 0.15) is 6.92 Å². The molecule has 0 saturated carbocycles. The van der Waals surface area contributed by atoms with E-state index in [1.165, 1.54) is 18.2 Å². The number of fused-ring (bicyclic) bond motifs is 1. The fourth-order valence-electron chi connectivity index (χ4n) is 1.56. The molecule has 1 heterocycles. The van der Waals surface area contributed by atoms with E-state index in [1.54, 1.807) is 6.92 Å². The van der Waals surface area contributed by atoms with Gasteiger partial charge >= 0.3 is 5.97 Å². The van der Waals surface area contributed by atoms with Crippen molar-refractivity contribution < 1.29 is 19.2 Å². The summed E-state index contributed by atoms with van der Waals surface area (Å²) in [6.07, 6.45) is 0. The standard InChI is InChI=1S/C12H11N3O5S/c1-2-20-11(17)10(16)6-21-12-13-8-4-3-7(15(18)19)5-9(8)14-12/h3-5H,2,6H2,1H3,(H,13,14). The van der Waals surface area contributed by atoms with E-state index in [-0.39, 0.29) is 18.0 Å². The number of nitro groups is 1. The predicted octanol–water partition coefficient (Wildman–Crippen LogP) is 1.70. The van der Waals surface area contributed by atoms with Gasteiger partial charge in [0.15, 0.2) is 5.16 Å². The highest BCUT2D eigenvalue weighted by atomic mass is 32.2. The Kier molecular flexibility index (Phi) is 4.53. The zero-order chi connectivity index (χ0) is 15.4. The number of rotatable bonds is 6. The number of Topliss-reactive ketones (excluding diaryl/α,β-unsaturated/α-hetero) is 1. The van der Waals surface area contributed by atoms with Crippen LogP contribution in [-0.4, -0.2) is 39.0 Å². The molecule has 0 bridgehead atoms. The van der Waals surface area contributed by atoms with Gasteiger partial charge < -0.3 is 9.72 Å². The number of aromatic nitrogens is 2. The maximum absolute atomic E-state index is 11.4. The van der Waals surface area contributed by atoms with Crippen LogP contribution in [0.4, 0.5) is 5.69 Å². The second-order valence-corrected chi connectivity index (χ2v) is 4.90. The number of hydrogen-bond acceptors (Lipinski definition) is 7. The average molecular weight is 309 g/mol. The number of nitrogens with zero attached hydrogens (tertiary/aromatic N) is 2. The van der Waals surface area contributed by atoms with Crippen molar-refractivity contribution in [3.8, 4) is 0 Å². The number of nitro benzene ring substituents is 1. The Morgan fingerprint density at radius 2 is 2.24 bits per heavy atom. The SMILES string of the molecule is CCOC(=O)C(=O)CSc1nc2cc([N+](=O)[O-])ccc2[nH]1. The summed E-state index contributed by atoms with van der Waals surface area (Å²) >= 11 is 1.04. The molecule has 0 spiro atoms. The van der Waals surface area contributed by atoms with Crippen LogP contribution >= 0.6 is 11.8 Å². The van der Waals surface area contributed by atoms with E-state index in [9.17, 15) is 19.7 Å². The fraction of sp³-hybridized carbons (Fsp3) is 0.250. The van der Waals surface area contributed by atoms with Crippen LogP contribution in [0, 0.1) is 10.1 Å². The first-order valence-corrected chi connectivity index (χ1v) is 6.96. The van der Waals surface area contributed by atoms with Crippen LogP contribution < -0.4 is 0 Å². The molecule has 1 aromatic carbocycles. The molecule has 2 rings (SSSR count). The molecule has 0 unspecified atom stereocenters. The molecule has 21 heavy (non-hydrogen) atoms. The number of benzene rings is 1. The molecular weight excluding hydrogens is 298 g/mol. The third kappa shape index (κ3) is 3.57. The second-order valence-electron chi connectivity index (χ2n) is 3.93. The number of aromatic amines is 1. The lowest BCUT2D eigenvalue weighted by molar-refractivity contribution is -0.384. The van der Waals surface area contributed by atoms with Gasteiger partial charge in [-0.3, -0.25) is 14.9 Å². The number of ketones is 1. The van der Waals surface area contributed by atoms with Gasteiger partial charge in [0.25, 0.3) is 5.69 Å². The Bertz CT molecular complexity index is 712.